The Labute approximate surface area is 102 Å². The molecule has 0 nitrogen and oxygen atoms in total. The number of rotatable bonds is 4. The smallest absolute Gasteiger partial charge is 0.0134 e. The van der Waals surface area contributed by atoms with Gasteiger partial charge in [0.25, 0.3) is 0 Å². The predicted molar refractivity (Wildman–Crippen MR) is 73.9 cm³/mol. The first-order valence-electron chi connectivity index (χ1n) is 3.87. The van der Waals surface area contributed by atoms with Crippen LogP contribution in [0.15, 0.2) is 31.5 Å². The highest BCUT2D eigenvalue weighted by Crippen LogP contribution is 2.07. The highest BCUT2D eigenvalue weighted by molar-refractivity contribution is 14.1. The Morgan fingerprint density at radius 1 is 0.917 bits per heavy atom. The third-order valence-electron chi connectivity index (χ3n) is 1.42. The molecule has 2 heteroatoms. The van der Waals surface area contributed by atoms with Gasteiger partial charge in [-0.15, -0.1) is 0 Å². The van der Waals surface area contributed by atoms with E-state index in [1.54, 1.807) is 0 Å². The largest absolute Gasteiger partial charge is 0.0841 e. The molecule has 0 rings (SSSR count). The Kier molecular flexibility index (Phi) is 8.76. The van der Waals surface area contributed by atoms with E-state index >= 15 is 0 Å². The molecule has 0 heterocycles. The van der Waals surface area contributed by atoms with Crippen molar-refractivity contribution in [3.63, 3.8) is 0 Å². The molecule has 0 spiro atoms. The Morgan fingerprint density at radius 2 is 1.25 bits per heavy atom. The molecule has 0 saturated carbocycles. The lowest BCUT2D eigenvalue weighted by atomic mass is 10.2. The Balaban J connectivity index is 3.65. The first-order valence-corrected chi connectivity index (χ1v) is 6.36. The number of allylic oxidation sites excluding steroid dienone is 4. The van der Waals surface area contributed by atoms with Crippen LogP contribution in [-0.2, 0) is 0 Å². The Hall–Kier alpha value is 0.680. The van der Waals surface area contributed by atoms with Crippen molar-refractivity contribution in [2.75, 3.05) is 0 Å². The summed E-state index contributed by atoms with van der Waals surface area (Å²) in [6.07, 6.45) is 6.62. The zero-order valence-electron chi connectivity index (χ0n) is 7.48. The van der Waals surface area contributed by atoms with Crippen molar-refractivity contribution in [1.82, 2.24) is 0 Å². The van der Waals surface area contributed by atoms with E-state index in [0.717, 1.165) is 12.8 Å². The highest BCUT2D eigenvalue weighted by atomic mass is 127. The normalized spacial score (nSPS) is 14.3. The quantitative estimate of drug-likeness (QED) is 0.470. The second-order valence-electron chi connectivity index (χ2n) is 2.79. The van der Waals surface area contributed by atoms with E-state index in [-0.39, 0.29) is 0 Å². The minimum atomic E-state index is 1.08. The molecule has 12 heavy (non-hydrogen) atoms. The maximum absolute atomic E-state index is 2.28. The number of halogens is 2. The Morgan fingerprint density at radius 3 is 1.50 bits per heavy atom. The van der Waals surface area contributed by atoms with Crippen LogP contribution in [0.1, 0.15) is 26.7 Å². The van der Waals surface area contributed by atoms with Crippen LogP contribution in [0.5, 0.6) is 0 Å². The van der Waals surface area contributed by atoms with E-state index in [1.807, 2.05) is 0 Å². The van der Waals surface area contributed by atoms with Gasteiger partial charge in [-0.3, -0.25) is 0 Å². The maximum Gasteiger partial charge on any atom is -0.0134 e. The Bertz CT molecular complexity index is 178. The van der Waals surface area contributed by atoms with Crippen LogP contribution < -0.4 is 0 Å². The standard InChI is InChI=1S/C10H14I2/c1-9(7-11)5-3-4-6-10(2)8-12/h3-4,7-8H,5-6H2,1-2H3/b4-3+,9-7+,10-8+. The third kappa shape index (κ3) is 7.34. The number of hydrogen-bond acceptors (Lipinski definition) is 0. The van der Waals surface area contributed by atoms with E-state index in [2.05, 4.69) is 79.3 Å². The summed E-state index contributed by atoms with van der Waals surface area (Å²) >= 11 is 4.55. The average Bonchev–Trinajstić information content (AvgIpc) is 2.11. The fraction of sp³-hybridized carbons (Fsp3) is 0.400. The summed E-state index contributed by atoms with van der Waals surface area (Å²) in [6.45, 7) is 4.30. The average molecular weight is 388 g/mol. The summed E-state index contributed by atoms with van der Waals surface area (Å²) < 4.78 is 4.26. The van der Waals surface area contributed by atoms with Crippen LogP contribution in [0, 0.1) is 0 Å². The molecule has 0 saturated heterocycles. The summed E-state index contributed by atoms with van der Waals surface area (Å²) in [6, 6.07) is 0. The van der Waals surface area contributed by atoms with Gasteiger partial charge in [-0.25, -0.2) is 0 Å². The van der Waals surface area contributed by atoms with Crippen molar-refractivity contribution in [1.29, 1.82) is 0 Å². The molecule has 68 valence electrons. The molecule has 0 aromatic carbocycles. The van der Waals surface area contributed by atoms with E-state index in [9.17, 15) is 0 Å². The minimum Gasteiger partial charge on any atom is -0.0841 e. The van der Waals surface area contributed by atoms with E-state index in [4.69, 9.17) is 0 Å². The maximum atomic E-state index is 2.28. The third-order valence-corrected chi connectivity index (χ3v) is 3.55. The van der Waals surface area contributed by atoms with Gasteiger partial charge in [0.2, 0.25) is 0 Å². The molecule has 0 aliphatic carbocycles. The molecule has 0 amide bonds. The van der Waals surface area contributed by atoms with Crippen LogP contribution in [0.3, 0.4) is 0 Å². The lowest BCUT2D eigenvalue weighted by Crippen LogP contribution is -1.72. The molecule has 0 fully saturated rings. The topological polar surface area (TPSA) is 0 Å². The molecule has 0 aromatic rings. The van der Waals surface area contributed by atoms with Crippen LogP contribution in [0.2, 0.25) is 0 Å². The van der Waals surface area contributed by atoms with Crippen LogP contribution in [0.25, 0.3) is 0 Å². The first kappa shape index (κ1) is 12.7. The van der Waals surface area contributed by atoms with Crippen LogP contribution in [-0.4, -0.2) is 0 Å². The van der Waals surface area contributed by atoms with Crippen molar-refractivity contribution < 1.29 is 0 Å². The van der Waals surface area contributed by atoms with Gasteiger partial charge in [-0.05, 0) is 34.9 Å². The summed E-state index contributed by atoms with van der Waals surface area (Å²) in [4.78, 5) is 0. The number of hydrogen-bond donors (Lipinski definition) is 0. The lowest BCUT2D eigenvalue weighted by molar-refractivity contribution is 1.17. The summed E-state index contributed by atoms with van der Waals surface area (Å²) in [7, 11) is 0. The summed E-state index contributed by atoms with van der Waals surface area (Å²) in [5.41, 5.74) is 2.84. The van der Waals surface area contributed by atoms with Gasteiger partial charge in [0.15, 0.2) is 0 Å². The summed E-state index contributed by atoms with van der Waals surface area (Å²) in [5, 5.41) is 0. The molecular weight excluding hydrogens is 374 g/mol. The van der Waals surface area contributed by atoms with Gasteiger partial charge < -0.3 is 0 Å². The second kappa shape index (κ2) is 8.29. The van der Waals surface area contributed by atoms with Crippen LogP contribution in [0.4, 0.5) is 0 Å². The molecule has 0 aliphatic rings. The zero-order valence-corrected chi connectivity index (χ0v) is 11.8. The van der Waals surface area contributed by atoms with Crippen LogP contribution >= 0.6 is 45.2 Å². The fourth-order valence-corrected chi connectivity index (χ4v) is 1.14. The van der Waals surface area contributed by atoms with Crippen molar-refractivity contribution >= 4 is 45.2 Å². The van der Waals surface area contributed by atoms with E-state index in [0.29, 0.717) is 0 Å². The van der Waals surface area contributed by atoms with Crippen molar-refractivity contribution in [2.24, 2.45) is 0 Å². The monoisotopic (exact) mass is 388 g/mol. The van der Waals surface area contributed by atoms with Gasteiger partial charge in [0.1, 0.15) is 0 Å². The molecule has 0 bridgehead atoms. The van der Waals surface area contributed by atoms with E-state index < -0.39 is 0 Å². The van der Waals surface area contributed by atoms with Crippen molar-refractivity contribution in [3.8, 4) is 0 Å². The summed E-state index contributed by atoms with van der Waals surface area (Å²) in [5.74, 6) is 0. The van der Waals surface area contributed by atoms with E-state index in [1.165, 1.54) is 11.1 Å². The van der Waals surface area contributed by atoms with Crippen molar-refractivity contribution in [2.45, 2.75) is 26.7 Å². The first-order chi connectivity index (χ1) is 5.70. The van der Waals surface area contributed by atoms with Gasteiger partial charge >= 0.3 is 0 Å². The molecule has 0 aliphatic heterocycles. The van der Waals surface area contributed by atoms with Gasteiger partial charge in [0, 0.05) is 0 Å². The minimum absolute atomic E-state index is 1.08. The molecule has 0 radical (unpaired) electrons. The van der Waals surface area contributed by atoms with Gasteiger partial charge in [0.05, 0.1) is 0 Å². The van der Waals surface area contributed by atoms with Gasteiger partial charge in [-0.2, -0.15) is 0 Å². The fourth-order valence-electron chi connectivity index (χ4n) is 0.628. The highest BCUT2D eigenvalue weighted by Gasteiger charge is 1.84. The molecule has 0 N–H and O–H groups in total. The SMILES string of the molecule is C/C(=C\I)C/C=C/C/C(C)=C/I. The zero-order chi connectivity index (χ0) is 9.40. The van der Waals surface area contributed by atoms with Crippen molar-refractivity contribution in [3.05, 3.63) is 31.5 Å². The second-order valence-corrected chi connectivity index (χ2v) is 4.04. The molecular formula is C10H14I2. The predicted octanol–water partition coefficient (Wildman–Crippen LogP) is 5.00. The molecule has 0 aromatic heterocycles. The molecule has 0 atom stereocenters. The molecule has 0 unspecified atom stereocenters. The van der Waals surface area contributed by atoms with Gasteiger partial charge in [-0.1, -0.05) is 68.5 Å². The lowest BCUT2D eigenvalue weighted by Gasteiger charge is -1.93.